The van der Waals surface area contributed by atoms with Crippen LogP contribution in [-0.2, 0) is 6.54 Å². The van der Waals surface area contributed by atoms with E-state index >= 15 is 0 Å². The van der Waals surface area contributed by atoms with Crippen LogP contribution in [0.3, 0.4) is 0 Å². The number of hydrogen-bond acceptors (Lipinski definition) is 3. The summed E-state index contributed by atoms with van der Waals surface area (Å²) in [5.74, 6) is 0.00358. The maximum absolute atomic E-state index is 12.6. The molecular formula is C20H19N3O. The number of rotatable bonds is 3. The highest BCUT2D eigenvalue weighted by Crippen LogP contribution is 2.36. The molecule has 0 saturated carbocycles. The first-order valence-electron chi connectivity index (χ1n) is 8.26. The molecule has 0 fully saturated rings. The highest BCUT2D eigenvalue weighted by atomic mass is 16.2. The fourth-order valence-electron chi connectivity index (χ4n) is 3.43. The third kappa shape index (κ3) is 2.14. The number of fused-ring (bicyclic) bond motifs is 2. The second-order valence-corrected chi connectivity index (χ2v) is 6.14. The van der Waals surface area contributed by atoms with Crippen molar-refractivity contribution >= 4 is 22.5 Å². The molecule has 24 heavy (non-hydrogen) atoms. The van der Waals surface area contributed by atoms with Crippen molar-refractivity contribution < 1.29 is 4.79 Å². The predicted octanol–water partition coefficient (Wildman–Crippen LogP) is 3.85. The summed E-state index contributed by atoms with van der Waals surface area (Å²) < 4.78 is 0. The van der Waals surface area contributed by atoms with E-state index in [1.165, 1.54) is 0 Å². The van der Waals surface area contributed by atoms with Crippen LogP contribution < -0.4 is 5.73 Å². The fraction of sp³-hybridized carbons (Fsp3) is 0.200. The van der Waals surface area contributed by atoms with Crippen LogP contribution in [0.1, 0.15) is 29.4 Å². The van der Waals surface area contributed by atoms with E-state index < -0.39 is 0 Å². The Labute approximate surface area is 140 Å². The number of nitrogens with zero attached hydrogens (tertiary/aromatic N) is 2. The zero-order valence-electron chi connectivity index (χ0n) is 13.6. The SMILES string of the molecule is CCCN1Cc2nc3c(-c4ccccc4)cccc3c(N)c2C1=O. The number of para-hydroxylation sites is 1. The van der Waals surface area contributed by atoms with Gasteiger partial charge in [-0.15, -0.1) is 0 Å². The van der Waals surface area contributed by atoms with E-state index in [0.29, 0.717) is 17.8 Å². The molecule has 2 heterocycles. The molecule has 4 heteroatoms. The molecule has 4 rings (SSSR count). The molecule has 0 atom stereocenters. The molecule has 2 aromatic carbocycles. The summed E-state index contributed by atoms with van der Waals surface area (Å²) in [7, 11) is 0. The van der Waals surface area contributed by atoms with E-state index in [1.54, 1.807) is 0 Å². The van der Waals surface area contributed by atoms with E-state index in [1.807, 2.05) is 35.2 Å². The minimum Gasteiger partial charge on any atom is -0.397 e. The number of nitrogens with two attached hydrogens (primary N) is 1. The molecular weight excluding hydrogens is 298 g/mol. The van der Waals surface area contributed by atoms with Crippen LogP contribution in [0, 0.1) is 0 Å². The second kappa shape index (κ2) is 5.64. The standard InChI is InChI=1S/C20H19N3O/c1-2-11-23-12-16-17(20(23)24)18(21)15-10-6-9-14(19(15)22-16)13-7-4-3-5-8-13/h3-10H,2,11-12H2,1H3,(H2,21,22). The number of carbonyl (C=O) groups is 1. The molecule has 4 nitrogen and oxygen atoms in total. The Hall–Kier alpha value is -2.88. The highest BCUT2D eigenvalue weighted by molar-refractivity contribution is 6.11. The Balaban J connectivity index is 1.95. The summed E-state index contributed by atoms with van der Waals surface area (Å²) >= 11 is 0. The Kier molecular flexibility index (Phi) is 3.45. The molecule has 1 aliphatic rings. The monoisotopic (exact) mass is 317 g/mol. The molecule has 0 bridgehead atoms. The quantitative estimate of drug-likeness (QED) is 0.798. The molecule has 0 saturated heterocycles. The van der Waals surface area contributed by atoms with Crippen LogP contribution in [0.25, 0.3) is 22.0 Å². The summed E-state index contributed by atoms with van der Waals surface area (Å²) in [6.45, 7) is 3.35. The van der Waals surface area contributed by atoms with Gasteiger partial charge in [0.25, 0.3) is 5.91 Å². The topological polar surface area (TPSA) is 59.2 Å². The maximum Gasteiger partial charge on any atom is 0.258 e. The van der Waals surface area contributed by atoms with Gasteiger partial charge in [0.15, 0.2) is 0 Å². The van der Waals surface area contributed by atoms with Gasteiger partial charge in [0.2, 0.25) is 0 Å². The van der Waals surface area contributed by atoms with Gasteiger partial charge < -0.3 is 10.6 Å². The summed E-state index contributed by atoms with van der Waals surface area (Å²) in [4.78, 5) is 19.3. The third-order valence-corrected chi connectivity index (χ3v) is 4.55. The molecule has 1 amide bonds. The fourth-order valence-corrected chi connectivity index (χ4v) is 3.43. The average molecular weight is 317 g/mol. The number of nitrogen functional groups attached to an aromatic ring is 1. The molecule has 1 aliphatic heterocycles. The summed E-state index contributed by atoms with van der Waals surface area (Å²) in [5.41, 5.74) is 11.3. The Bertz CT molecular complexity index is 935. The van der Waals surface area contributed by atoms with Crippen LogP contribution in [0.15, 0.2) is 48.5 Å². The van der Waals surface area contributed by atoms with Crippen molar-refractivity contribution in [2.45, 2.75) is 19.9 Å². The molecule has 1 aromatic heterocycles. The van der Waals surface area contributed by atoms with Gasteiger partial charge in [-0.25, -0.2) is 4.98 Å². The van der Waals surface area contributed by atoms with Crippen molar-refractivity contribution in [1.29, 1.82) is 0 Å². The number of pyridine rings is 1. The van der Waals surface area contributed by atoms with Gasteiger partial charge in [-0.1, -0.05) is 55.5 Å². The van der Waals surface area contributed by atoms with Crippen LogP contribution >= 0.6 is 0 Å². The molecule has 120 valence electrons. The van der Waals surface area contributed by atoms with Crippen molar-refractivity contribution in [3.05, 3.63) is 59.8 Å². The lowest BCUT2D eigenvalue weighted by Gasteiger charge is -2.13. The zero-order valence-corrected chi connectivity index (χ0v) is 13.6. The first-order chi connectivity index (χ1) is 11.7. The summed E-state index contributed by atoms with van der Waals surface area (Å²) in [6, 6.07) is 16.1. The smallest absolute Gasteiger partial charge is 0.258 e. The lowest BCUT2D eigenvalue weighted by Crippen LogP contribution is -2.24. The van der Waals surface area contributed by atoms with Crippen LogP contribution in [0.2, 0.25) is 0 Å². The van der Waals surface area contributed by atoms with E-state index in [-0.39, 0.29) is 5.91 Å². The Morgan fingerprint density at radius 2 is 1.92 bits per heavy atom. The largest absolute Gasteiger partial charge is 0.397 e. The predicted molar refractivity (Wildman–Crippen MR) is 96.6 cm³/mol. The van der Waals surface area contributed by atoms with Gasteiger partial charge in [0.1, 0.15) is 0 Å². The third-order valence-electron chi connectivity index (χ3n) is 4.55. The minimum atomic E-state index is 0.00358. The lowest BCUT2D eigenvalue weighted by atomic mass is 9.99. The number of benzene rings is 2. The summed E-state index contributed by atoms with van der Waals surface area (Å²) in [5, 5.41) is 0.849. The highest BCUT2D eigenvalue weighted by Gasteiger charge is 2.31. The van der Waals surface area contributed by atoms with Crippen LogP contribution in [0.5, 0.6) is 0 Å². The summed E-state index contributed by atoms with van der Waals surface area (Å²) in [6.07, 6.45) is 0.925. The van der Waals surface area contributed by atoms with Gasteiger partial charge in [-0.05, 0) is 12.0 Å². The normalized spacial score (nSPS) is 13.5. The number of aromatic nitrogens is 1. The molecule has 0 spiro atoms. The lowest BCUT2D eigenvalue weighted by molar-refractivity contribution is 0.0779. The molecule has 2 N–H and O–H groups in total. The zero-order chi connectivity index (χ0) is 16.7. The van der Waals surface area contributed by atoms with Crippen LogP contribution in [-0.4, -0.2) is 22.3 Å². The number of carbonyl (C=O) groups excluding carboxylic acids is 1. The maximum atomic E-state index is 12.6. The van der Waals surface area contributed by atoms with Gasteiger partial charge in [0, 0.05) is 17.5 Å². The molecule has 0 radical (unpaired) electrons. The molecule has 3 aromatic rings. The van der Waals surface area contributed by atoms with Gasteiger partial charge in [-0.3, -0.25) is 4.79 Å². The number of anilines is 1. The van der Waals surface area contributed by atoms with E-state index in [2.05, 4.69) is 25.1 Å². The van der Waals surface area contributed by atoms with Crippen molar-refractivity contribution in [3.63, 3.8) is 0 Å². The number of hydrogen-bond donors (Lipinski definition) is 1. The van der Waals surface area contributed by atoms with E-state index in [0.717, 1.165) is 40.7 Å². The Morgan fingerprint density at radius 1 is 1.12 bits per heavy atom. The average Bonchev–Trinajstić information content (AvgIpc) is 2.92. The van der Waals surface area contributed by atoms with Gasteiger partial charge in [-0.2, -0.15) is 0 Å². The van der Waals surface area contributed by atoms with Crippen molar-refractivity contribution in [2.24, 2.45) is 0 Å². The minimum absolute atomic E-state index is 0.00358. The molecule has 0 unspecified atom stereocenters. The van der Waals surface area contributed by atoms with Gasteiger partial charge >= 0.3 is 0 Å². The molecule has 0 aliphatic carbocycles. The van der Waals surface area contributed by atoms with Crippen molar-refractivity contribution in [1.82, 2.24) is 9.88 Å². The van der Waals surface area contributed by atoms with Crippen molar-refractivity contribution in [3.8, 4) is 11.1 Å². The second-order valence-electron chi connectivity index (χ2n) is 6.14. The van der Waals surface area contributed by atoms with Gasteiger partial charge in [0.05, 0.1) is 29.0 Å². The van der Waals surface area contributed by atoms with E-state index in [4.69, 9.17) is 10.7 Å². The number of amides is 1. The first-order valence-corrected chi connectivity index (χ1v) is 8.26. The first kappa shape index (κ1) is 14.7. The Morgan fingerprint density at radius 3 is 2.67 bits per heavy atom. The van der Waals surface area contributed by atoms with E-state index in [9.17, 15) is 4.79 Å². The van der Waals surface area contributed by atoms with Crippen LogP contribution in [0.4, 0.5) is 5.69 Å². The van der Waals surface area contributed by atoms with Crippen molar-refractivity contribution in [2.75, 3.05) is 12.3 Å².